The van der Waals surface area contributed by atoms with E-state index >= 15 is 0 Å². The van der Waals surface area contributed by atoms with Crippen molar-refractivity contribution < 1.29 is 19.1 Å². The van der Waals surface area contributed by atoms with E-state index in [2.05, 4.69) is 20.6 Å². The predicted molar refractivity (Wildman–Crippen MR) is 138 cm³/mol. The highest BCUT2D eigenvalue weighted by atomic mass is 32.1. The molecular weight excluding hydrogens is 484 g/mol. The Hall–Kier alpha value is -3.71. The van der Waals surface area contributed by atoms with Crippen LogP contribution in [0.5, 0.6) is 0 Å². The highest BCUT2D eigenvalue weighted by Crippen LogP contribution is 2.21. The third-order valence-electron chi connectivity index (χ3n) is 5.09. The molecule has 0 saturated carbocycles. The number of aliphatic imine (C=N–C) groups is 1. The van der Waals surface area contributed by atoms with Gasteiger partial charge in [-0.3, -0.25) is 14.6 Å². The smallest absolute Gasteiger partial charge is 0.407 e. The minimum absolute atomic E-state index is 0.0430. The Balaban J connectivity index is 1.68. The molecule has 13 heteroatoms. The van der Waals surface area contributed by atoms with Gasteiger partial charge in [-0.25, -0.2) is 9.78 Å². The summed E-state index contributed by atoms with van der Waals surface area (Å²) in [6.07, 6.45) is 2.39. The van der Waals surface area contributed by atoms with Crippen molar-refractivity contribution in [1.29, 1.82) is 0 Å². The van der Waals surface area contributed by atoms with Crippen LogP contribution in [0.15, 0.2) is 40.7 Å². The van der Waals surface area contributed by atoms with Crippen LogP contribution < -0.4 is 33.6 Å². The van der Waals surface area contributed by atoms with E-state index in [0.717, 1.165) is 12.0 Å². The standard InChI is InChI=1S/C23H34N8O4S/c24-16(9-4-5-11-29-23(34)35-13-15-7-2-1-3-8-15)21-31-18(14-36-21)20(33)30-17(19(25)32)10-6-12-28-22(26)27/h1-3,7-8,14,16-17H,4-6,9-13,24H2,(H2,25,32)(H,29,34)(H,30,33)(H4,26,27,28). The molecule has 2 unspecified atom stereocenters. The first-order chi connectivity index (χ1) is 17.3. The normalized spacial score (nSPS) is 12.2. The van der Waals surface area contributed by atoms with E-state index < -0.39 is 23.9 Å². The Morgan fingerprint density at radius 3 is 2.50 bits per heavy atom. The zero-order valence-corrected chi connectivity index (χ0v) is 20.8. The summed E-state index contributed by atoms with van der Waals surface area (Å²) in [6, 6.07) is 8.22. The molecule has 0 spiro atoms. The fourth-order valence-corrected chi connectivity index (χ4v) is 4.00. The molecule has 0 aliphatic heterocycles. The number of ether oxygens (including phenoxy) is 1. The topological polar surface area (TPSA) is 214 Å². The number of aromatic nitrogens is 1. The van der Waals surface area contributed by atoms with Crippen molar-refractivity contribution >= 4 is 35.2 Å². The van der Waals surface area contributed by atoms with Crippen LogP contribution >= 0.6 is 11.3 Å². The summed E-state index contributed by atoms with van der Waals surface area (Å²) < 4.78 is 5.16. The number of thiazole rings is 1. The fourth-order valence-electron chi connectivity index (χ4n) is 3.16. The zero-order valence-electron chi connectivity index (χ0n) is 20.0. The van der Waals surface area contributed by atoms with Crippen LogP contribution in [0.1, 0.15) is 59.2 Å². The van der Waals surface area contributed by atoms with E-state index in [4.69, 9.17) is 27.7 Å². The highest BCUT2D eigenvalue weighted by Gasteiger charge is 2.21. The Bertz CT molecular complexity index is 1010. The number of hydrogen-bond acceptors (Lipinski definition) is 8. The average molecular weight is 519 g/mol. The second kappa shape index (κ2) is 15.3. The number of nitrogens with one attached hydrogen (secondary N) is 2. The van der Waals surface area contributed by atoms with Crippen molar-refractivity contribution in [3.8, 4) is 0 Å². The third-order valence-corrected chi connectivity index (χ3v) is 6.07. The van der Waals surface area contributed by atoms with Crippen molar-refractivity contribution in [3.05, 3.63) is 52.0 Å². The number of rotatable bonds is 15. The minimum atomic E-state index is -0.864. The second-order valence-corrected chi connectivity index (χ2v) is 8.93. The van der Waals surface area contributed by atoms with Crippen molar-refractivity contribution in [2.24, 2.45) is 27.9 Å². The summed E-state index contributed by atoms with van der Waals surface area (Å²) in [5.74, 6) is -1.20. The van der Waals surface area contributed by atoms with Gasteiger partial charge in [0.25, 0.3) is 5.91 Å². The molecule has 12 nitrogen and oxygen atoms in total. The van der Waals surface area contributed by atoms with Crippen molar-refractivity contribution in [2.75, 3.05) is 13.1 Å². The van der Waals surface area contributed by atoms with Gasteiger partial charge in [0.05, 0.1) is 6.04 Å². The van der Waals surface area contributed by atoms with E-state index in [1.165, 1.54) is 11.3 Å². The molecule has 0 aliphatic rings. The van der Waals surface area contributed by atoms with Crippen LogP contribution in [0.3, 0.4) is 0 Å². The van der Waals surface area contributed by atoms with Crippen molar-refractivity contribution in [3.63, 3.8) is 0 Å². The summed E-state index contributed by atoms with van der Waals surface area (Å²) in [7, 11) is 0. The fraction of sp³-hybridized carbons (Fsp3) is 0.435. The maximum atomic E-state index is 12.5. The zero-order chi connectivity index (χ0) is 26.3. The van der Waals surface area contributed by atoms with Gasteiger partial charge in [0.15, 0.2) is 5.96 Å². The quantitative estimate of drug-likeness (QED) is 0.113. The monoisotopic (exact) mass is 518 g/mol. The molecule has 0 radical (unpaired) electrons. The van der Waals surface area contributed by atoms with Gasteiger partial charge in [0, 0.05) is 18.5 Å². The van der Waals surface area contributed by atoms with Crippen LogP contribution in [0.4, 0.5) is 4.79 Å². The Morgan fingerprint density at radius 1 is 1.06 bits per heavy atom. The number of carbonyl (C=O) groups excluding carboxylic acids is 3. The molecule has 0 saturated heterocycles. The molecule has 2 atom stereocenters. The number of nitrogens with two attached hydrogens (primary N) is 4. The van der Waals surface area contributed by atoms with Gasteiger partial charge < -0.3 is 38.3 Å². The number of carbonyl (C=O) groups is 3. The molecule has 3 amide bonds. The predicted octanol–water partition coefficient (Wildman–Crippen LogP) is 0.877. The molecule has 0 fully saturated rings. The van der Waals surface area contributed by atoms with Crippen LogP contribution in [-0.2, 0) is 16.1 Å². The van der Waals surface area contributed by atoms with Gasteiger partial charge in [0.2, 0.25) is 5.91 Å². The first kappa shape index (κ1) is 28.5. The number of alkyl carbamates (subject to hydrolysis) is 1. The number of guanidine groups is 1. The minimum Gasteiger partial charge on any atom is -0.445 e. The van der Waals surface area contributed by atoms with Gasteiger partial charge in [0.1, 0.15) is 23.4 Å². The maximum Gasteiger partial charge on any atom is 0.407 e. The molecule has 0 bridgehead atoms. The summed E-state index contributed by atoms with van der Waals surface area (Å²) in [4.78, 5) is 44.1. The average Bonchev–Trinajstić information content (AvgIpc) is 3.35. The van der Waals surface area contributed by atoms with Gasteiger partial charge in [-0.15, -0.1) is 11.3 Å². The van der Waals surface area contributed by atoms with Crippen LogP contribution in [0.25, 0.3) is 0 Å². The molecule has 1 aromatic heterocycles. The van der Waals surface area contributed by atoms with Crippen molar-refractivity contribution in [2.45, 2.75) is 50.8 Å². The van der Waals surface area contributed by atoms with E-state index in [-0.39, 0.29) is 24.3 Å². The first-order valence-electron chi connectivity index (χ1n) is 11.6. The molecule has 36 heavy (non-hydrogen) atoms. The third kappa shape index (κ3) is 10.7. The molecule has 1 heterocycles. The second-order valence-electron chi connectivity index (χ2n) is 8.04. The summed E-state index contributed by atoms with van der Waals surface area (Å²) in [5.41, 5.74) is 23.2. The summed E-state index contributed by atoms with van der Waals surface area (Å²) in [5, 5.41) is 7.50. The van der Waals surface area contributed by atoms with Gasteiger partial charge in [-0.05, 0) is 37.7 Å². The number of unbranched alkanes of at least 4 members (excludes halogenated alkanes) is 1. The number of nitrogens with zero attached hydrogens (tertiary/aromatic N) is 2. The van der Waals surface area contributed by atoms with Crippen LogP contribution in [0.2, 0.25) is 0 Å². The lowest BCUT2D eigenvalue weighted by Crippen LogP contribution is -2.44. The van der Waals surface area contributed by atoms with Gasteiger partial charge in [-0.1, -0.05) is 30.3 Å². The van der Waals surface area contributed by atoms with E-state index in [9.17, 15) is 14.4 Å². The molecule has 2 rings (SSSR count). The molecule has 10 N–H and O–H groups in total. The maximum absolute atomic E-state index is 12.5. The van der Waals surface area contributed by atoms with Crippen molar-refractivity contribution in [1.82, 2.24) is 15.6 Å². The molecule has 2 aromatic rings. The van der Waals surface area contributed by atoms with Gasteiger partial charge >= 0.3 is 6.09 Å². The van der Waals surface area contributed by atoms with Crippen LogP contribution in [-0.4, -0.2) is 48.0 Å². The molecular formula is C23H34N8O4S. The highest BCUT2D eigenvalue weighted by molar-refractivity contribution is 7.09. The lowest BCUT2D eigenvalue weighted by molar-refractivity contribution is -0.120. The number of benzene rings is 1. The Morgan fingerprint density at radius 2 is 1.81 bits per heavy atom. The number of hydrogen-bond donors (Lipinski definition) is 6. The SMILES string of the molecule is NC(=O)C(CCCN=C(N)N)NC(=O)c1csc(C(N)CCCCNC(=O)OCc2ccccc2)n1. The number of amides is 3. The van der Waals surface area contributed by atoms with E-state index in [0.29, 0.717) is 43.8 Å². The Labute approximate surface area is 213 Å². The summed E-state index contributed by atoms with van der Waals surface area (Å²) in [6.45, 7) is 1.00. The van der Waals surface area contributed by atoms with E-state index in [1.807, 2.05) is 30.3 Å². The van der Waals surface area contributed by atoms with E-state index in [1.54, 1.807) is 5.38 Å². The molecule has 1 aromatic carbocycles. The number of primary amides is 1. The largest absolute Gasteiger partial charge is 0.445 e. The van der Waals surface area contributed by atoms with Crippen LogP contribution in [0, 0.1) is 0 Å². The molecule has 196 valence electrons. The van der Waals surface area contributed by atoms with Gasteiger partial charge in [-0.2, -0.15) is 0 Å². The first-order valence-corrected chi connectivity index (χ1v) is 12.5. The lowest BCUT2D eigenvalue weighted by Gasteiger charge is -2.14. The lowest BCUT2D eigenvalue weighted by atomic mass is 10.1. The Kier molecular flexibility index (Phi) is 12.1. The summed E-state index contributed by atoms with van der Waals surface area (Å²) >= 11 is 1.27. The molecule has 0 aliphatic carbocycles.